The van der Waals surface area contributed by atoms with Gasteiger partial charge in [0.05, 0.1) is 21.8 Å². The van der Waals surface area contributed by atoms with E-state index < -0.39 is 17.8 Å². The van der Waals surface area contributed by atoms with E-state index in [0.29, 0.717) is 31.9 Å². The van der Waals surface area contributed by atoms with Crippen LogP contribution in [0.3, 0.4) is 0 Å². The Hall–Kier alpha value is -5.09. The van der Waals surface area contributed by atoms with Crippen molar-refractivity contribution in [2.24, 2.45) is 4.99 Å². The van der Waals surface area contributed by atoms with Crippen LogP contribution in [-0.2, 0) is 16.1 Å². The number of likely N-dealkylation sites (tertiary alicyclic amines) is 1. The van der Waals surface area contributed by atoms with Crippen molar-refractivity contribution in [1.29, 1.82) is 0 Å². The number of para-hydroxylation sites is 2. The molecule has 1 saturated heterocycles. The molecule has 10 heteroatoms. The van der Waals surface area contributed by atoms with Crippen molar-refractivity contribution < 1.29 is 14.0 Å². The number of carbonyl (C=O) groups is 2. The first kappa shape index (κ1) is 28.7. The number of amides is 2. The second-order valence-electron chi connectivity index (χ2n) is 11.3. The van der Waals surface area contributed by atoms with Crippen molar-refractivity contribution in [3.63, 3.8) is 0 Å². The molecule has 0 bridgehead atoms. The number of anilines is 1. The van der Waals surface area contributed by atoms with E-state index in [2.05, 4.69) is 5.32 Å². The molecule has 226 valence electrons. The largest absolute Gasteiger partial charge is 0.341 e. The van der Waals surface area contributed by atoms with E-state index in [1.54, 1.807) is 31.2 Å². The maximum atomic E-state index is 14.2. The molecule has 8 nitrogen and oxygen atoms in total. The number of allylic oxidation sites excluding steroid dienone is 1. The Balaban J connectivity index is 1.33. The molecule has 0 spiro atoms. The maximum absolute atomic E-state index is 14.2. The molecule has 1 N–H and O–H groups in total. The predicted molar refractivity (Wildman–Crippen MR) is 173 cm³/mol. The summed E-state index contributed by atoms with van der Waals surface area (Å²) in [6.45, 7) is 3.54. The quantitative estimate of drug-likeness (QED) is 0.302. The molecule has 5 aromatic rings. The third-order valence-corrected chi connectivity index (χ3v) is 9.34. The summed E-state index contributed by atoms with van der Waals surface area (Å²) in [7, 11) is 0. The molecule has 45 heavy (non-hydrogen) atoms. The molecule has 3 aromatic carbocycles. The summed E-state index contributed by atoms with van der Waals surface area (Å²) in [5.41, 5.74) is 3.39. The van der Waals surface area contributed by atoms with Gasteiger partial charge in [-0.25, -0.2) is 9.38 Å². The van der Waals surface area contributed by atoms with E-state index in [1.165, 1.54) is 28.0 Å². The molecule has 0 aliphatic carbocycles. The van der Waals surface area contributed by atoms with Gasteiger partial charge in [-0.3, -0.25) is 19.0 Å². The van der Waals surface area contributed by atoms with Crippen LogP contribution in [0.25, 0.3) is 17.0 Å². The van der Waals surface area contributed by atoms with Gasteiger partial charge in [0, 0.05) is 41.4 Å². The van der Waals surface area contributed by atoms with E-state index in [1.807, 2.05) is 64.2 Å². The van der Waals surface area contributed by atoms with Crippen LogP contribution in [0.15, 0.2) is 106 Å². The topological polar surface area (TPSA) is 88.7 Å². The highest BCUT2D eigenvalue weighted by atomic mass is 32.1. The minimum atomic E-state index is -0.813. The number of hydrogen-bond acceptors (Lipinski definition) is 5. The van der Waals surface area contributed by atoms with Crippen molar-refractivity contribution in [3.8, 4) is 0 Å². The summed E-state index contributed by atoms with van der Waals surface area (Å²) in [6, 6.07) is 21.9. The summed E-state index contributed by atoms with van der Waals surface area (Å²) >= 11 is 1.24. The molecule has 1 atom stereocenters. The molecule has 2 amide bonds. The third kappa shape index (κ3) is 5.42. The first-order chi connectivity index (χ1) is 21.9. The van der Waals surface area contributed by atoms with Crippen LogP contribution in [0.2, 0.25) is 0 Å². The third-order valence-electron chi connectivity index (χ3n) is 8.35. The number of nitrogens with zero attached hydrogens (tertiary/aromatic N) is 4. The van der Waals surface area contributed by atoms with E-state index in [0.717, 1.165) is 42.4 Å². The number of benzene rings is 3. The molecule has 2 aromatic heterocycles. The zero-order valence-corrected chi connectivity index (χ0v) is 25.4. The Morgan fingerprint density at radius 2 is 1.71 bits per heavy atom. The minimum Gasteiger partial charge on any atom is -0.341 e. The highest BCUT2D eigenvalue weighted by Crippen LogP contribution is 2.31. The van der Waals surface area contributed by atoms with Crippen LogP contribution in [0, 0.1) is 5.82 Å². The van der Waals surface area contributed by atoms with Crippen LogP contribution in [-0.4, -0.2) is 38.9 Å². The molecule has 0 unspecified atom stereocenters. The number of thiazole rings is 1. The highest BCUT2D eigenvalue weighted by molar-refractivity contribution is 7.07. The SMILES string of the molecule is CC1=C(C(=O)Nc2ccccc2)[C@@H](c2ccc(F)cc2)n2c(s/c(=C/c3cn(CC(=O)N4CCCC4)c4ccccc34)c2=O)=N1. The van der Waals surface area contributed by atoms with Gasteiger partial charge in [-0.2, -0.15) is 0 Å². The van der Waals surface area contributed by atoms with E-state index in [9.17, 15) is 18.8 Å². The molecule has 2 aliphatic rings. The summed E-state index contributed by atoms with van der Waals surface area (Å²) < 4.78 is 17.9. The van der Waals surface area contributed by atoms with Gasteiger partial charge in [0.2, 0.25) is 5.91 Å². The number of aromatic nitrogens is 2. The van der Waals surface area contributed by atoms with E-state index in [4.69, 9.17) is 4.99 Å². The van der Waals surface area contributed by atoms with Crippen LogP contribution < -0.4 is 20.2 Å². The lowest BCUT2D eigenvalue weighted by molar-refractivity contribution is -0.130. The lowest BCUT2D eigenvalue weighted by atomic mass is 9.95. The van der Waals surface area contributed by atoms with Gasteiger partial charge < -0.3 is 14.8 Å². The number of hydrogen-bond donors (Lipinski definition) is 1. The van der Waals surface area contributed by atoms with Crippen LogP contribution >= 0.6 is 11.3 Å². The second kappa shape index (κ2) is 11.8. The summed E-state index contributed by atoms with van der Waals surface area (Å²) in [5.74, 6) is -0.728. The predicted octanol–water partition coefficient (Wildman–Crippen LogP) is 4.59. The minimum absolute atomic E-state index is 0.0789. The molecular formula is C35H30FN5O3S. The first-order valence-electron chi connectivity index (χ1n) is 14.9. The smallest absolute Gasteiger partial charge is 0.271 e. The number of rotatable bonds is 6. The Labute approximate surface area is 262 Å². The average Bonchev–Trinajstić information content (AvgIpc) is 3.77. The fourth-order valence-electron chi connectivity index (χ4n) is 6.17. The average molecular weight is 620 g/mol. The lowest BCUT2D eigenvalue weighted by Crippen LogP contribution is -2.40. The van der Waals surface area contributed by atoms with Gasteiger partial charge in [-0.05, 0) is 61.7 Å². The fourth-order valence-corrected chi connectivity index (χ4v) is 7.20. The Kier molecular flexibility index (Phi) is 7.50. The Bertz CT molecular complexity index is 2160. The van der Waals surface area contributed by atoms with Crippen LogP contribution in [0.1, 0.15) is 36.9 Å². The van der Waals surface area contributed by atoms with Crippen molar-refractivity contribution in [1.82, 2.24) is 14.0 Å². The fraction of sp³-hybridized carbons (Fsp3) is 0.200. The van der Waals surface area contributed by atoms with E-state index in [-0.39, 0.29) is 18.0 Å². The van der Waals surface area contributed by atoms with E-state index >= 15 is 0 Å². The van der Waals surface area contributed by atoms with Gasteiger partial charge >= 0.3 is 0 Å². The van der Waals surface area contributed by atoms with Gasteiger partial charge in [0.15, 0.2) is 4.80 Å². The Morgan fingerprint density at radius 3 is 2.47 bits per heavy atom. The highest BCUT2D eigenvalue weighted by Gasteiger charge is 2.32. The molecule has 2 aliphatic heterocycles. The number of nitrogens with one attached hydrogen (secondary N) is 1. The van der Waals surface area contributed by atoms with Gasteiger partial charge in [-0.1, -0.05) is 59.9 Å². The van der Waals surface area contributed by atoms with Gasteiger partial charge in [0.25, 0.3) is 11.5 Å². The molecule has 4 heterocycles. The molecular weight excluding hydrogens is 589 g/mol. The zero-order valence-electron chi connectivity index (χ0n) is 24.6. The van der Waals surface area contributed by atoms with Gasteiger partial charge in [0.1, 0.15) is 12.4 Å². The molecule has 7 rings (SSSR count). The number of carbonyl (C=O) groups excluding carboxylic acids is 2. The normalized spacial score (nSPS) is 16.6. The molecule has 1 fully saturated rings. The molecule has 0 saturated carbocycles. The zero-order chi connectivity index (χ0) is 31.1. The number of fused-ring (bicyclic) bond motifs is 2. The lowest BCUT2D eigenvalue weighted by Gasteiger charge is -2.25. The standard InChI is InChI=1S/C35H30FN5O3S/c1-22-31(33(43)38-26-9-3-2-4-10-26)32(23-13-15-25(36)16-14-23)41-34(44)29(45-35(41)37-22)19-24-20-40(28-12-6-5-11-27(24)28)21-30(42)39-17-7-8-18-39/h2-6,9-16,19-20,32H,7-8,17-18,21H2,1H3,(H,38,43)/b29-19+/t32-/m1/s1. The first-order valence-corrected chi connectivity index (χ1v) is 15.7. The Morgan fingerprint density at radius 1 is 1.00 bits per heavy atom. The van der Waals surface area contributed by atoms with Crippen LogP contribution in [0.5, 0.6) is 0 Å². The second-order valence-corrected chi connectivity index (χ2v) is 12.3. The van der Waals surface area contributed by atoms with Crippen molar-refractivity contribution in [3.05, 3.63) is 133 Å². The van der Waals surface area contributed by atoms with Gasteiger partial charge in [-0.15, -0.1) is 0 Å². The summed E-state index contributed by atoms with van der Waals surface area (Å²) in [5, 5.41) is 3.85. The summed E-state index contributed by atoms with van der Waals surface area (Å²) in [4.78, 5) is 48.0. The number of halogens is 1. The van der Waals surface area contributed by atoms with Crippen molar-refractivity contribution >= 4 is 45.8 Å². The maximum Gasteiger partial charge on any atom is 0.271 e. The monoisotopic (exact) mass is 619 g/mol. The van der Waals surface area contributed by atoms with Crippen LogP contribution in [0.4, 0.5) is 10.1 Å². The molecule has 0 radical (unpaired) electrons. The van der Waals surface area contributed by atoms with Crippen molar-refractivity contribution in [2.75, 3.05) is 18.4 Å². The summed E-state index contributed by atoms with van der Waals surface area (Å²) in [6.07, 6.45) is 5.79. The van der Waals surface area contributed by atoms with Crippen molar-refractivity contribution in [2.45, 2.75) is 32.4 Å².